The van der Waals surface area contributed by atoms with E-state index in [4.69, 9.17) is 4.74 Å². The fourth-order valence-electron chi connectivity index (χ4n) is 1.20. The Labute approximate surface area is 88.0 Å². The smallest absolute Gasteiger partial charge is 0.121 e. The lowest BCUT2D eigenvalue weighted by molar-refractivity contribution is 0.0227. The van der Waals surface area contributed by atoms with E-state index < -0.39 is 6.10 Å². The van der Waals surface area contributed by atoms with Crippen molar-refractivity contribution >= 4 is 0 Å². The molecule has 0 aliphatic carbocycles. The van der Waals surface area contributed by atoms with E-state index in [9.17, 15) is 5.11 Å². The second-order valence-electron chi connectivity index (χ2n) is 4.19. The lowest BCUT2D eigenvalue weighted by atomic mass is 9.82. The Bertz CT molecular complexity index is 183. The van der Waals surface area contributed by atoms with Crippen molar-refractivity contribution in [1.82, 2.24) is 0 Å². The molecule has 0 spiro atoms. The Morgan fingerprint density at radius 3 is 2.29 bits per heavy atom. The first-order chi connectivity index (χ1) is 6.49. The summed E-state index contributed by atoms with van der Waals surface area (Å²) in [7, 11) is 0. The molecule has 0 aliphatic heterocycles. The van der Waals surface area contributed by atoms with Crippen LogP contribution in [0.5, 0.6) is 0 Å². The number of aliphatic hydroxyl groups is 1. The Kier molecular flexibility index (Phi) is 5.86. The largest absolute Gasteiger partial charge is 0.496 e. The Balaban J connectivity index is 4.58. The third-order valence-corrected chi connectivity index (χ3v) is 2.64. The van der Waals surface area contributed by atoms with E-state index in [-0.39, 0.29) is 5.41 Å². The summed E-state index contributed by atoms with van der Waals surface area (Å²) in [5.74, 6) is 0.724. The lowest BCUT2D eigenvalue weighted by Gasteiger charge is -2.30. The quantitative estimate of drug-likeness (QED) is 0.667. The predicted molar refractivity (Wildman–Crippen MR) is 60.1 cm³/mol. The molecule has 0 rings (SSSR count). The molecular weight excluding hydrogens is 176 g/mol. The monoisotopic (exact) mass is 200 g/mol. The minimum Gasteiger partial charge on any atom is -0.496 e. The highest BCUT2D eigenvalue weighted by molar-refractivity contribution is 5.04. The molecule has 0 radical (unpaired) electrons. The number of rotatable bonds is 6. The van der Waals surface area contributed by atoms with Crippen LogP contribution in [-0.2, 0) is 4.74 Å². The molecule has 2 nitrogen and oxygen atoms in total. The van der Waals surface area contributed by atoms with Crippen LogP contribution in [0.3, 0.4) is 0 Å². The van der Waals surface area contributed by atoms with Crippen LogP contribution < -0.4 is 0 Å². The van der Waals surface area contributed by atoms with Gasteiger partial charge in [0.25, 0.3) is 0 Å². The summed E-state index contributed by atoms with van der Waals surface area (Å²) in [6.45, 7) is 10.8. The maximum atomic E-state index is 10.1. The van der Waals surface area contributed by atoms with Gasteiger partial charge in [0.05, 0.1) is 6.61 Å². The minimum atomic E-state index is -0.493. The van der Waals surface area contributed by atoms with Crippen molar-refractivity contribution in [3.05, 3.63) is 11.8 Å². The van der Waals surface area contributed by atoms with E-state index >= 15 is 0 Å². The van der Waals surface area contributed by atoms with Gasteiger partial charge in [0.1, 0.15) is 11.9 Å². The van der Waals surface area contributed by atoms with E-state index in [1.54, 1.807) is 0 Å². The van der Waals surface area contributed by atoms with E-state index in [2.05, 4.69) is 20.8 Å². The summed E-state index contributed by atoms with van der Waals surface area (Å²) in [6, 6.07) is 0. The molecule has 84 valence electrons. The van der Waals surface area contributed by atoms with Crippen LogP contribution in [-0.4, -0.2) is 17.8 Å². The third-order valence-electron chi connectivity index (χ3n) is 2.64. The number of aliphatic hydroxyl groups excluding tert-OH is 1. The highest BCUT2D eigenvalue weighted by Crippen LogP contribution is 2.29. The van der Waals surface area contributed by atoms with Crippen LogP contribution in [0.25, 0.3) is 0 Å². The zero-order chi connectivity index (χ0) is 11.2. The van der Waals surface area contributed by atoms with Crippen molar-refractivity contribution in [2.45, 2.75) is 53.6 Å². The summed E-state index contributed by atoms with van der Waals surface area (Å²) in [5, 5.41) is 10.1. The van der Waals surface area contributed by atoms with Gasteiger partial charge in [0.2, 0.25) is 0 Å². The van der Waals surface area contributed by atoms with Crippen LogP contribution in [0.1, 0.15) is 47.5 Å². The topological polar surface area (TPSA) is 29.5 Å². The van der Waals surface area contributed by atoms with Crippen LogP contribution in [0, 0.1) is 5.41 Å². The minimum absolute atomic E-state index is 0.115. The SMILES string of the molecule is CC/C=C(\OCC)C(O)C(C)(C)CC. The van der Waals surface area contributed by atoms with Gasteiger partial charge in [-0.05, 0) is 31.3 Å². The van der Waals surface area contributed by atoms with Gasteiger partial charge in [-0.2, -0.15) is 0 Å². The summed E-state index contributed by atoms with van der Waals surface area (Å²) in [6.07, 6.45) is 3.30. The van der Waals surface area contributed by atoms with Crippen molar-refractivity contribution in [2.24, 2.45) is 5.41 Å². The van der Waals surface area contributed by atoms with Crippen molar-refractivity contribution in [1.29, 1.82) is 0 Å². The molecule has 0 saturated carbocycles. The fraction of sp³-hybridized carbons (Fsp3) is 0.833. The average molecular weight is 200 g/mol. The predicted octanol–water partition coefficient (Wildman–Crippen LogP) is 3.11. The summed E-state index contributed by atoms with van der Waals surface area (Å²) >= 11 is 0. The van der Waals surface area contributed by atoms with Crippen LogP contribution >= 0.6 is 0 Å². The van der Waals surface area contributed by atoms with Gasteiger partial charge < -0.3 is 9.84 Å². The molecule has 1 N–H and O–H groups in total. The molecule has 1 unspecified atom stereocenters. The molecule has 0 fully saturated rings. The number of ether oxygens (including phenoxy) is 1. The molecule has 0 heterocycles. The average Bonchev–Trinajstić information content (AvgIpc) is 2.16. The Morgan fingerprint density at radius 1 is 1.36 bits per heavy atom. The highest BCUT2D eigenvalue weighted by atomic mass is 16.5. The fourth-order valence-corrected chi connectivity index (χ4v) is 1.20. The molecule has 0 aromatic heterocycles. The first kappa shape index (κ1) is 13.5. The van der Waals surface area contributed by atoms with Gasteiger partial charge >= 0.3 is 0 Å². The molecule has 0 saturated heterocycles. The number of hydrogen-bond acceptors (Lipinski definition) is 2. The van der Waals surface area contributed by atoms with E-state index in [1.807, 2.05) is 19.9 Å². The molecule has 0 aromatic carbocycles. The Hall–Kier alpha value is -0.500. The summed E-state index contributed by atoms with van der Waals surface area (Å²) in [4.78, 5) is 0. The zero-order valence-corrected chi connectivity index (χ0v) is 10.1. The number of hydrogen-bond donors (Lipinski definition) is 1. The van der Waals surface area contributed by atoms with Crippen molar-refractivity contribution in [3.8, 4) is 0 Å². The van der Waals surface area contributed by atoms with Gasteiger partial charge in [-0.1, -0.05) is 27.7 Å². The summed E-state index contributed by atoms with van der Waals surface area (Å²) < 4.78 is 5.44. The van der Waals surface area contributed by atoms with Gasteiger partial charge in [-0.15, -0.1) is 0 Å². The van der Waals surface area contributed by atoms with E-state index in [0.717, 1.165) is 18.6 Å². The first-order valence-electron chi connectivity index (χ1n) is 5.50. The van der Waals surface area contributed by atoms with Crippen LogP contribution in [0.2, 0.25) is 0 Å². The van der Waals surface area contributed by atoms with Gasteiger partial charge in [-0.25, -0.2) is 0 Å². The molecule has 0 aliphatic rings. The van der Waals surface area contributed by atoms with Crippen molar-refractivity contribution in [2.75, 3.05) is 6.61 Å². The molecule has 0 bridgehead atoms. The molecule has 2 heteroatoms. The van der Waals surface area contributed by atoms with E-state index in [0.29, 0.717) is 6.61 Å². The van der Waals surface area contributed by atoms with Gasteiger partial charge in [0.15, 0.2) is 0 Å². The summed E-state index contributed by atoms with van der Waals surface area (Å²) in [5.41, 5.74) is -0.115. The third kappa shape index (κ3) is 3.70. The van der Waals surface area contributed by atoms with Crippen LogP contribution in [0.4, 0.5) is 0 Å². The molecular formula is C12H24O2. The van der Waals surface area contributed by atoms with Gasteiger partial charge in [-0.3, -0.25) is 0 Å². The zero-order valence-electron chi connectivity index (χ0n) is 10.1. The van der Waals surface area contributed by atoms with E-state index in [1.165, 1.54) is 0 Å². The second-order valence-corrected chi connectivity index (χ2v) is 4.19. The van der Waals surface area contributed by atoms with Crippen LogP contribution in [0.15, 0.2) is 11.8 Å². The lowest BCUT2D eigenvalue weighted by Crippen LogP contribution is -2.31. The molecule has 0 amide bonds. The normalized spacial score (nSPS) is 15.4. The molecule has 14 heavy (non-hydrogen) atoms. The first-order valence-corrected chi connectivity index (χ1v) is 5.50. The highest BCUT2D eigenvalue weighted by Gasteiger charge is 2.29. The Morgan fingerprint density at radius 2 is 1.93 bits per heavy atom. The second kappa shape index (κ2) is 6.07. The maximum absolute atomic E-state index is 10.1. The van der Waals surface area contributed by atoms with Crippen molar-refractivity contribution in [3.63, 3.8) is 0 Å². The van der Waals surface area contributed by atoms with Gasteiger partial charge in [0, 0.05) is 0 Å². The van der Waals surface area contributed by atoms with Crippen molar-refractivity contribution < 1.29 is 9.84 Å². The molecule has 1 atom stereocenters. The number of allylic oxidation sites excluding steroid dienone is 1. The standard InChI is InChI=1S/C12H24O2/c1-6-9-10(14-8-3)11(13)12(4,5)7-2/h9,11,13H,6-8H2,1-5H3/b10-9-. The maximum Gasteiger partial charge on any atom is 0.121 e. The molecule has 0 aromatic rings.